The third-order valence-electron chi connectivity index (χ3n) is 3.32. The molecule has 4 N–H and O–H groups in total. The Morgan fingerprint density at radius 2 is 1.92 bits per heavy atom. The van der Waals surface area contributed by atoms with Crippen LogP contribution in [0.2, 0.25) is 0 Å². The van der Waals surface area contributed by atoms with Gasteiger partial charge in [-0.1, -0.05) is 30.3 Å². The van der Waals surface area contributed by atoms with Gasteiger partial charge >= 0.3 is 6.09 Å². The number of nitrogens with one attached hydrogen (secondary N) is 2. The number of unbranched alkanes of at least 4 members (excludes halogenated alkanes) is 2. The Morgan fingerprint density at radius 3 is 2.56 bits per heavy atom. The van der Waals surface area contributed by atoms with Crippen LogP contribution in [0.25, 0.3) is 0 Å². The number of nitriles is 1. The van der Waals surface area contributed by atoms with Crippen molar-refractivity contribution in [3.8, 4) is 6.07 Å². The molecule has 0 saturated carbocycles. The summed E-state index contributed by atoms with van der Waals surface area (Å²) in [4.78, 5) is 34.7. The Labute approximate surface area is 146 Å². The van der Waals surface area contributed by atoms with Crippen molar-refractivity contribution in [2.75, 3.05) is 6.54 Å². The van der Waals surface area contributed by atoms with Gasteiger partial charge in [-0.25, -0.2) is 4.79 Å². The summed E-state index contributed by atoms with van der Waals surface area (Å²) in [5.74, 6) is -1.20. The van der Waals surface area contributed by atoms with Gasteiger partial charge in [-0.2, -0.15) is 5.26 Å². The summed E-state index contributed by atoms with van der Waals surface area (Å²) in [6.07, 6.45) is 1.22. The minimum atomic E-state index is -0.826. The highest BCUT2D eigenvalue weighted by molar-refractivity contribution is 5.88. The maximum Gasteiger partial charge on any atom is 0.407 e. The third-order valence-corrected chi connectivity index (χ3v) is 3.32. The van der Waals surface area contributed by atoms with E-state index < -0.39 is 23.9 Å². The minimum absolute atomic E-state index is 0.0943. The van der Waals surface area contributed by atoms with Crippen LogP contribution in [0, 0.1) is 11.3 Å². The van der Waals surface area contributed by atoms with Crippen LogP contribution in [0.1, 0.15) is 31.2 Å². The van der Waals surface area contributed by atoms with Gasteiger partial charge in [0.15, 0.2) is 0 Å². The Hall–Kier alpha value is -3.08. The second-order valence-corrected chi connectivity index (χ2v) is 5.34. The quantitative estimate of drug-likeness (QED) is 0.543. The zero-order valence-electron chi connectivity index (χ0n) is 13.9. The molecule has 0 radical (unpaired) electrons. The van der Waals surface area contributed by atoms with Crippen molar-refractivity contribution in [2.45, 2.75) is 38.3 Å². The van der Waals surface area contributed by atoms with E-state index in [-0.39, 0.29) is 13.2 Å². The number of carbonyl (C=O) groups is 3. The lowest BCUT2D eigenvalue weighted by Crippen LogP contribution is -2.47. The van der Waals surface area contributed by atoms with Crippen molar-refractivity contribution in [3.63, 3.8) is 0 Å². The summed E-state index contributed by atoms with van der Waals surface area (Å²) in [5, 5.41) is 13.2. The largest absolute Gasteiger partial charge is 0.445 e. The van der Waals surface area contributed by atoms with Crippen molar-refractivity contribution in [1.82, 2.24) is 10.6 Å². The highest BCUT2D eigenvalue weighted by Crippen LogP contribution is 2.03. The predicted octanol–water partition coefficient (Wildman–Crippen LogP) is 0.967. The number of hydrogen-bond acceptors (Lipinski definition) is 5. The Bertz CT molecular complexity index is 613. The fourth-order valence-electron chi connectivity index (χ4n) is 2.01. The van der Waals surface area contributed by atoms with E-state index in [4.69, 9.17) is 15.7 Å². The molecule has 134 valence electrons. The molecular formula is C17H22N4O4. The van der Waals surface area contributed by atoms with Gasteiger partial charge in [0.1, 0.15) is 19.2 Å². The van der Waals surface area contributed by atoms with Crippen LogP contribution in [0.4, 0.5) is 4.79 Å². The molecule has 0 aliphatic heterocycles. The molecule has 25 heavy (non-hydrogen) atoms. The van der Waals surface area contributed by atoms with Crippen LogP contribution < -0.4 is 16.4 Å². The SMILES string of the molecule is N#CCCCC[C@H](NC(=O)CNC(=O)OCc1ccccc1)C(N)=O. The van der Waals surface area contributed by atoms with Gasteiger partial charge in [0.2, 0.25) is 11.8 Å². The molecule has 1 aromatic rings. The van der Waals surface area contributed by atoms with Crippen LogP contribution in [-0.2, 0) is 20.9 Å². The Balaban J connectivity index is 2.28. The number of rotatable bonds is 10. The Kier molecular flexibility index (Phi) is 9.15. The second kappa shape index (κ2) is 11.5. The summed E-state index contributed by atoms with van der Waals surface area (Å²) in [6, 6.07) is 10.3. The first-order valence-electron chi connectivity index (χ1n) is 7.93. The topological polar surface area (TPSA) is 134 Å². The normalized spacial score (nSPS) is 11.0. The van der Waals surface area contributed by atoms with Crippen LogP contribution >= 0.6 is 0 Å². The molecule has 0 heterocycles. The van der Waals surface area contributed by atoms with Gasteiger partial charge in [-0.3, -0.25) is 9.59 Å². The number of benzene rings is 1. The highest BCUT2D eigenvalue weighted by atomic mass is 16.5. The van der Waals surface area contributed by atoms with E-state index >= 15 is 0 Å². The third kappa shape index (κ3) is 8.95. The predicted molar refractivity (Wildman–Crippen MR) is 89.8 cm³/mol. The first kappa shape index (κ1) is 20.0. The molecule has 0 aliphatic rings. The van der Waals surface area contributed by atoms with Gasteiger partial charge < -0.3 is 21.1 Å². The summed E-state index contributed by atoms with van der Waals surface area (Å²) >= 11 is 0. The average Bonchev–Trinajstić information content (AvgIpc) is 2.61. The van der Waals surface area contributed by atoms with Gasteiger partial charge in [-0.15, -0.1) is 0 Å². The molecule has 1 atom stereocenters. The monoisotopic (exact) mass is 346 g/mol. The summed E-state index contributed by atoms with van der Waals surface area (Å²) in [5.41, 5.74) is 6.06. The maximum absolute atomic E-state index is 11.8. The molecule has 0 spiro atoms. The van der Waals surface area contributed by atoms with E-state index in [0.29, 0.717) is 25.7 Å². The summed E-state index contributed by atoms with van der Waals surface area (Å²) in [7, 11) is 0. The van der Waals surface area contributed by atoms with Crippen molar-refractivity contribution >= 4 is 17.9 Å². The lowest BCUT2D eigenvalue weighted by atomic mass is 10.1. The fraction of sp³-hybridized carbons (Fsp3) is 0.412. The zero-order chi connectivity index (χ0) is 18.5. The van der Waals surface area contributed by atoms with Crippen LogP contribution in [-0.4, -0.2) is 30.5 Å². The number of amides is 3. The van der Waals surface area contributed by atoms with E-state index in [9.17, 15) is 14.4 Å². The molecule has 8 nitrogen and oxygen atoms in total. The minimum Gasteiger partial charge on any atom is -0.445 e. The molecule has 8 heteroatoms. The number of nitrogens with zero attached hydrogens (tertiary/aromatic N) is 1. The molecule has 0 bridgehead atoms. The van der Waals surface area contributed by atoms with E-state index in [1.807, 2.05) is 36.4 Å². The number of hydrogen-bond donors (Lipinski definition) is 3. The van der Waals surface area contributed by atoms with Crippen molar-refractivity contribution in [3.05, 3.63) is 35.9 Å². The first-order chi connectivity index (χ1) is 12.0. The van der Waals surface area contributed by atoms with Gasteiger partial charge in [0.25, 0.3) is 0 Å². The molecule has 0 unspecified atom stereocenters. The number of primary amides is 1. The number of alkyl carbamates (subject to hydrolysis) is 1. The smallest absolute Gasteiger partial charge is 0.407 e. The Morgan fingerprint density at radius 1 is 1.20 bits per heavy atom. The summed E-state index contributed by atoms with van der Waals surface area (Å²) < 4.78 is 4.97. The standard InChI is InChI=1S/C17H22N4O4/c18-10-6-2-5-9-14(16(19)23)21-15(22)11-20-17(24)25-12-13-7-3-1-4-8-13/h1,3-4,7-8,14H,2,5-6,9,11-12H2,(H2,19,23)(H,20,24)(H,21,22)/t14-/m0/s1. The highest BCUT2D eigenvalue weighted by Gasteiger charge is 2.18. The molecule has 0 aliphatic carbocycles. The average molecular weight is 346 g/mol. The van der Waals surface area contributed by atoms with Crippen LogP contribution in [0.3, 0.4) is 0 Å². The van der Waals surface area contributed by atoms with E-state index in [0.717, 1.165) is 5.56 Å². The van der Waals surface area contributed by atoms with Gasteiger partial charge in [0, 0.05) is 6.42 Å². The van der Waals surface area contributed by atoms with Crippen molar-refractivity contribution < 1.29 is 19.1 Å². The van der Waals surface area contributed by atoms with Gasteiger partial charge in [-0.05, 0) is 24.8 Å². The van der Waals surface area contributed by atoms with E-state index in [2.05, 4.69) is 10.6 Å². The van der Waals surface area contributed by atoms with Crippen molar-refractivity contribution in [1.29, 1.82) is 5.26 Å². The molecule has 3 amide bonds. The number of ether oxygens (including phenoxy) is 1. The van der Waals surface area contributed by atoms with Crippen LogP contribution in [0.15, 0.2) is 30.3 Å². The number of nitrogens with two attached hydrogens (primary N) is 1. The second-order valence-electron chi connectivity index (χ2n) is 5.34. The molecule has 0 aromatic heterocycles. The number of carbonyl (C=O) groups excluding carboxylic acids is 3. The molecular weight excluding hydrogens is 324 g/mol. The molecule has 1 aromatic carbocycles. The zero-order valence-corrected chi connectivity index (χ0v) is 13.9. The molecule has 1 rings (SSSR count). The maximum atomic E-state index is 11.8. The van der Waals surface area contributed by atoms with Gasteiger partial charge in [0.05, 0.1) is 6.07 Å². The first-order valence-corrected chi connectivity index (χ1v) is 7.93. The van der Waals surface area contributed by atoms with E-state index in [1.165, 1.54) is 0 Å². The molecule has 0 fully saturated rings. The van der Waals surface area contributed by atoms with Crippen LogP contribution in [0.5, 0.6) is 0 Å². The fourth-order valence-corrected chi connectivity index (χ4v) is 2.01. The molecule has 0 saturated heterocycles. The lowest BCUT2D eigenvalue weighted by Gasteiger charge is -2.15. The van der Waals surface area contributed by atoms with E-state index in [1.54, 1.807) is 0 Å². The van der Waals surface area contributed by atoms with Crippen molar-refractivity contribution in [2.24, 2.45) is 5.73 Å². The summed E-state index contributed by atoms with van der Waals surface area (Å²) in [6.45, 7) is -0.229. The lowest BCUT2D eigenvalue weighted by molar-refractivity contribution is -0.127.